The lowest BCUT2D eigenvalue weighted by Crippen LogP contribution is -2.09. The number of esters is 2. The van der Waals surface area contributed by atoms with E-state index in [0.29, 0.717) is 12.1 Å². The van der Waals surface area contributed by atoms with Crippen LogP contribution in [0.4, 0.5) is 5.82 Å². The topological polar surface area (TPSA) is 124 Å². The highest BCUT2D eigenvalue weighted by molar-refractivity contribution is 6.00. The molecule has 0 fully saturated rings. The minimum Gasteiger partial charge on any atom is -0.462 e. The number of aromatic nitrogens is 2. The van der Waals surface area contributed by atoms with Gasteiger partial charge in [-0.05, 0) is 31.3 Å². The van der Waals surface area contributed by atoms with Crippen molar-refractivity contribution in [2.45, 2.75) is 27.2 Å². The number of nitro groups is 1. The van der Waals surface area contributed by atoms with Gasteiger partial charge in [0, 0.05) is 23.5 Å². The van der Waals surface area contributed by atoms with Crippen molar-refractivity contribution in [2.75, 3.05) is 13.2 Å². The average Bonchev–Trinajstić information content (AvgIpc) is 3.06. The van der Waals surface area contributed by atoms with Gasteiger partial charge in [0.05, 0.1) is 24.3 Å². The predicted octanol–water partition coefficient (Wildman–Crippen LogP) is 2.90. The standard InChI is InChI=1S/C17H19N3O6/c1-4-12-14(10(7-8-18-12)16(21)25-5-2)11-9-13(17(22)26-6-3)19-15(11)20(23)24/h7-9,19H,4-6H2,1-3H3. The van der Waals surface area contributed by atoms with Crippen molar-refractivity contribution in [3.63, 3.8) is 0 Å². The maximum atomic E-state index is 12.3. The van der Waals surface area contributed by atoms with Crippen LogP contribution >= 0.6 is 0 Å². The molecule has 0 aliphatic heterocycles. The number of aromatic amines is 1. The van der Waals surface area contributed by atoms with E-state index in [1.807, 2.05) is 6.92 Å². The highest BCUT2D eigenvalue weighted by Crippen LogP contribution is 2.35. The predicted molar refractivity (Wildman–Crippen MR) is 92.0 cm³/mol. The molecule has 2 aromatic heterocycles. The van der Waals surface area contributed by atoms with Gasteiger partial charge in [-0.2, -0.15) is 0 Å². The summed E-state index contributed by atoms with van der Waals surface area (Å²) < 4.78 is 9.93. The minimum absolute atomic E-state index is 0.0748. The zero-order chi connectivity index (χ0) is 19.3. The van der Waals surface area contributed by atoms with E-state index in [0.717, 1.165) is 0 Å². The summed E-state index contributed by atoms with van der Waals surface area (Å²) in [6.45, 7) is 5.39. The number of carbonyl (C=O) groups excluding carboxylic acids is 2. The maximum Gasteiger partial charge on any atom is 0.378 e. The Morgan fingerprint density at radius 3 is 2.42 bits per heavy atom. The third-order valence-electron chi connectivity index (χ3n) is 3.60. The molecule has 26 heavy (non-hydrogen) atoms. The second-order valence-electron chi connectivity index (χ2n) is 5.18. The van der Waals surface area contributed by atoms with Gasteiger partial charge >= 0.3 is 17.8 Å². The van der Waals surface area contributed by atoms with Crippen molar-refractivity contribution >= 4 is 17.8 Å². The Balaban J connectivity index is 2.72. The molecule has 0 aliphatic rings. The van der Waals surface area contributed by atoms with Crippen LogP contribution in [-0.2, 0) is 15.9 Å². The largest absolute Gasteiger partial charge is 0.462 e. The SMILES string of the molecule is CCOC(=O)c1cc(-c2c(C(=O)OCC)ccnc2CC)c([N+](=O)[O-])[nH]1. The third kappa shape index (κ3) is 3.71. The number of nitrogens with one attached hydrogen (secondary N) is 1. The molecule has 9 nitrogen and oxygen atoms in total. The molecular weight excluding hydrogens is 342 g/mol. The number of carbonyl (C=O) groups is 2. The van der Waals surface area contributed by atoms with Gasteiger partial charge in [0.1, 0.15) is 0 Å². The fourth-order valence-corrected chi connectivity index (χ4v) is 2.55. The quantitative estimate of drug-likeness (QED) is 0.456. The molecule has 0 radical (unpaired) electrons. The van der Waals surface area contributed by atoms with Crippen molar-refractivity contribution in [1.29, 1.82) is 0 Å². The molecule has 0 aromatic carbocycles. The van der Waals surface area contributed by atoms with Crippen molar-refractivity contribution in [1.82, 2.24) is 9.97 Å². The number of hydrogen-bond acceptors (Lipinski definition) is 7. The van der Waals surface area contributed by atoms with Crippen molar-refractivity contribution in [2.24, 2.45) is 0 Å². The van der Waals surface area contributed by atoms with Crippen molar-refractivity contribution in [3.8, 4) is 11.1 Å². The van der Waals surface area contributed by atoms with Crippen LogP contribution in [0.1, 0.15) is 47.3 Å². The highest BCUT2D eigenvalue weighted by atomic mass is 16.6. The second-order valence-corrected chi connectivity index (χ2v) is 5.18. The molecule has 1 N–H and O–H groups in total. The summed E-state index contributed by atoms with van der Waals surface area (Å²) in [5, 5.41) is 11.5. The molecular formula is C17H19N3O6. The van der Waals surface area contributed by atoms with E-state index < -0.39 is 22.7 Å². The van der Waals surface area contributed by atoms with Gasteiger partial charge < -0.3 is 19.6 Å². The first kappa shape index (κ1) is 19.1. The number of H-pyrrole nitrogens is 1. The molecule has 2 rings (SSSR count). The van der Waals surface area contributed by atoms with E-state index >= 15 is 0 Å². The number of hydrogen-bond donors (Lipinski definition) is 1. The van der Waals surface area contributed by atoms with Crippen LogP contribution in [0.25, 0.3) is 11.1 Å². The molecule has 0 spiro atoms. The normalized spacial score (nSPS) is 10.4. The molecule has 2 aromatic rings. The zero-order valence-corrected chi connectivity index (χ0v) is 14.7. The van der Waals surface area contributed by atoms with E-state index in [1.165, 1.54) is 18.3 Å². The first-order chi connectivity index (χ1) is 12.4. The number of ether oxygens (including phenoxy) is 2. The Bertz CT molecular complexity index is 843. The van der Waals surface area contributed by atoms with E-state index in [9.17, 15) is 19.7 Å². The molecule has 0 amide bonds. The van der Waals surface area contributed by atoms with Gasteiger partial charge in [0.25, 0.3) is 0 Å². The molecule has 2 heterocycles. The summed E-state index contributed by atoms with van der Waals surface area (Å²) in [7, 11) is 0. The number of nitrogens with zero attached hydrogens (tertiary/aromatic N) is 2. The first-order valence-electron chi connectivity index (χ1n) is 8.14. The Morgan fingerprint density at radius 2 is 1.85 bits per heavy atom. The Hall–Kier alpha value is -3.23. The minimum atomic E-state index is -0.721. The summed E-state index contributed by atoms with van der Waals surface area (Å²) in [5.41, 5.74) is 0.913. The van der Waals surface area contributed by atoms with E-state index in [2.05, 4.69) is 9.97 Å². The van der Waals surface area contributed by atoms with Crippen LogP contribution < -0.4 is 0 Å². The zero-order valence-electron chi connectivity index (χ0n) is 14.7. The summed E-state index contributed by atoms with van der Waals surface area (Å²) in [6.07, 6.45) is 1.87. The molecule has 0 unspecified atom stereocenters. The molecule has 138 valence electrons. The summed E-state index contributed by atoms with van der Waals surface area (Å²) in [6, 6.07) is 2.74. The molecule has 0 saturated carbocycles. The molecule has 0 saturated heterocycles. The highest BCUT2D eigenvalue weighted by Gasteiger charge is 2.29. The number of aryl methyl sites for hydroxylation is 1. The number of rotatable bonds is 7. The third-order valence-corrected chi connectivity index (χ3v) is 3.60. The van der Waals surface area contributed by atoms with Gasteiger partial charge in [0.2, 0.25) is 5.69 Å². The van der Waals surface area contributed by atoms with Crippen LogP contribution in [0.3, 0.4) is 0 Å². The van der Waals surface area contributed by atoms with Crippen LogP contribution in [0.2, 0.25) is 0 Å². The van der Waals surface area contributed by atoms with Gasteiger partial charge in [-0.15, -0.1) is 0 Å². The monoisotopic (exact) mass is 361 g/mol. The van der Waals surface area contributed by atoms with Crippen LogP contribution in [0.15, 0.2) is 18.3 Å². The van der Waals surface area contributed by atoms with E-state index in [-0.39, 0.29) is 35.6 Å². The lowest BCUT2D eigenvalue weighted by molar-refractivity contribution is -0.388. The van der Waals surface area contributed by atoms with Gasteiger partial charge in [-0.3, -0.25) is 4.98 Å². The van der Waals surface area contributed by atoms with Gasteiger partial charge in [-0.25, -0.2) is 14.6 Å². The Morgan fingerprint density at radius 1 is 1.19 bits per heavy atom. The van der Waals surface area contributed by atoms with Gasteiger partial charge in [-0.1, -0.05) is 6.92 Å². The first-order valence-corrected chi connectivity index (χ1v) is 8.14. The summed E-state index contributed by atoms with van der Waals surface area (Å²) in [5.74, 6) is -1.75. The summed E-state index contributed by atoms with van der Waals surface area (Å²) >= 11 is 0. The van der Waals surface area contributed by atoms with Crippen LogP contribution in [0, 0.1) is 10.1 Å². The number of pyridine rings is 1. The fourth-order valence-electron chi connectivity index (χ4n) is 2.55. The fraction of sp³-hybridized carbons (Fsp3) is 0.353. The van der Waals surface area contributed by atoms with Crippen LogP contribution in [0.5, 0.6) is 0 Å². The lowest BCUT2D eigenvalue weighted by Gasteiger charge is -2.11. The average molecular weight is 361 g/mol. The lowest BCUT2D eigenvalue weighted by atomic mass is 9.98. The molecule has 9 heteroatoms. The van der Waals surface area contributed by atoms with Crippen LogP contribution in [-0.4, -0.2) is 40.0 Å². The second kappa shape index (κ2) is 8.24. The summed E-state index contributed by atoms with van der Waals surface area (Å²) in [4.78, 5) is 41.8. The van der Waals surface area contributed by atoms with Gasteiger partial charge in [0.15, 0.2) is 0 Å². The van der Waals surface area contributed by atoms with Crippen molar-refractivity contribution < 1.29 is 24.0 Å². The van der Waals surface area contributed by atoms with E-state index in [1.54, 1.807) is 13.8 Å². The van der Waals surface area contributed by atoms with E-state index in [4.69, 9.17) is 9.47 Å². The van der Waals surface area contributed by atoms with Crippen molar-refractivity contribution in [3.05, 3.63) is 45.4 Å². The molecule has 0 bridgehead atoms. The Kier molecular flexibility index (Phi) is 6.05. The Labute approximate surface area is 149 Å². The molecule has 0 aliphatic carbocycles. The molecule has 0 atom stereocenters. The smallest absolute Gasteiger partial charge is 0.378 e. The maximum absolute atomic E-state index is 12.3.